The summed E-state index contributed by atoms with van der Waals surface area (Å²) in [5.41, 5.74) is -0.0470. The number of carbonyl (C=O) groups excluding carboxylic acids is 2. The highest BCUT2D eigenvalue weighted by molar-refractivity contribution is 5.94. The van der Waals surface area contributed by atoms with Crippen LogP contribution in [0.3, 0.4) is 0 Å². The number of hydrogen-bond donors (Lipinski definition) is 1. The van der Waals surface area contributed by atoms with E-state index in [-0.39, 0.29) is 11.6 Å². The van der Waals surface area contributed by atoms with Crippen LogP contribution in [0.5, 0.6) is 0 Å². The normalized spacial score (nSPS) is 18.2. The van der Waals surface area contributed by atoms with Crippen molar-refractivity contribution < 1.29 is 18.7 Å². The van der Waals surface area contributed by atoms with Gasteiger partial charge in [-0.2, -0.15) is 4.39 Å². The molecule has 2 rings (SSSR count). The topological polar surface area (TPSA) is 71.5 Å². The van der Waals surface area contributed by atoms with Gasteiger partial charge in [0.15, 0.2) is 0 Å². The van der Waals surface area contributed by atoms with Crippen LogP contribution in [0.15, 0.2) is 18.3 Å². The van der Waals surface area contributed by atoms with Gasteiger partial charge in [0.25, 0.3) is 5.91 Å². The standard InChI is InChI=1S/C14H18FN3O3/c1-2-21-14(20)17-10-5-4-8-18(9-10)13(19)11-6-3-7-16-12(11)15/h3,6-7,10H,2,4-5,8-9H2,1H3,(H,17,20). The minimum absolute atomic E-state index is 0.0470. The summed E-state index contributed by atoms with van der Waals surface area (Å²) < 4.78 is 18.4. The molecular formula is C14H18FN3O3. The minimum atomic E-state index is -0.775. The van der Waals surface area contributed by atoms with Crippen molar-refractivity contribution in [2.45, 2.75) is 25.8 Å². The lowest BCUT2D eigenvalue weighted by Crippen LogP contribution is -2.49. The van der Waals surface area contributed by atoms with Gasteiger partial charge in [0.2, 0.25) is 5.95 Å². The SMILES string of the molecule is CCOC(=O)NC1CCCN(C(=O)c2cccnc2F)C1. The Morgan fingerprint density at radius 3 is 3.10 bits per heavy atom. The van der Waals surface area contributed by atoms with Gasteiger partial charge in [-0.15, -0.1) is 0 Å². The smallest absolute Gasteiger partial charge is 0.407 e. The van der Waals surface area contributed by atoms with Gasteiger partial charge in [-0.25, -0.2) is 9.78 Å². The van der Waals surface area contributed by atoms with E-state index >= 15 is 0 Å². The molecule has 1 atom stereocenters. The van der Waals surface area contributed by atoms with Crippen LogP contribution in [0, 0.1) is 5.95 Å². The molecule has 0 aliphatic carbocycles. The summed E-state index contributed by atoms with van der Waals surface area (Å²) >= 11 is 0. The van der Waals surface area contributed by atoms with Gasteiger partial charge in [0.1, 0.15) is 0 Å². The Labute approximate surface area is 122 Å². The number of halogens is 1. The van der Waals surface area contributed by atoms with E-state index in [1.807, 2.05) is 0 Å². The summed E-state index contributed by atoms with van der Waals surface area (Å²) in [6.45, 7) is 2.89. The van der Waals surface area contributed by atoms with Crippen LogP contribution in [0.1, 0.15) is 30.1 Å². The first kappa shape index (κ1) is 15.2. The monoisotopic (exact) mass is 295 g/mol. The molecule has 6 nitrogen and oxygen atoms in total. The van der Waals surface area contributed by atoms with E-state index in [9.17, 15) is 14.0 Å². The van der Waals surface area contributed by atoms with E-state index in [4.69, 9.17) is 4.74 Å². The van der Waals surface area contributed by atoms with Crippen LogP contribution < -0.4 is 5.32 Å². The zero-order chi connectivity index (χ0) is 15.2. The minimum Gasteiger partial charge on any atom is -0.450 e. The fourth-order valence-corrected chi connectivity index (χ4v) is 2.33. The molecule has 2 amide bonds. The van der Waals surface area contributed by atoms with Crippen molar-refractivity contribution in [3.05, 3.63) is 29.8 Å². The number of amides is 2. The van der Waals surface area contributed by atoms with E-state index in [2.05, 4.69) is 10.3 Å². The van der Waals surface area contributed by atoms with Gasteiger partial charge in [-0.3, -0.25) is 4.79 Å². The molecule has 0 bridgehead atoms. The van der Waals surface area contributed by atoms with E-state index < -0.39 is 17.9 Å². The van der Waals surface area contributed by atoms with Crippen molar-refractivity contribution in [2.24, 2.45) is 0 Å². The van der Waals surface area contributed by atoms with E-state index in [1.54, 1.807) is 6.92 Å². The van der Waals surface area contributed by atoms with Gasteiger partial charge in [-0.05, 0) is 31.9 Å². The van der Waals surface area contributed by atoms with Gasteiger partial charge in [0.05, 0.1) is 12.2 Å². The first-order valence-corrected chi connectivity index (χ1v) is 6.95. The molecular weight excluding hydrogens is 277 g/mol. The molecule has 1 aromatic heterocycles. The predicted molar refractivity (Wildman–Crippen MR) is 73.3 cm³/mol. The number of alkyl carbamates (subject to hydrolysis) is 1. The molecule has 1 aromatic rings. The van der Waals surface area contributed by atoms with Crippen LogP contribution in [0.25, 0.3) is 0 Å². The van der Waals surface area contributed by atoms with E-state index in [0.29, 0.717) is 19.7 Å². The molecule has 0 spiro atoms. The maximum Gasteiger partial charge on any atom is 0.407 e. The van der Waals surface area contributed by atoms with Crippen LogP contribution >= 0.6 is 0 Å². The highest BCUT2D eigenvalue weighted by Gasteiger charge is 2.27. The molecule has 7 heteroatoms. The lowest BCUT2D eigenvalue weighted by molar-refractivity contribution is 0.0680. The number of nitrogens with one attached hydrogen (secondary N) is 1. The number of pyridine rings is 1. The Balaban J connectivity index is 1.99. The van der Waals surface area contributed by atoms with Crippen LogP contribution in [-0.2, 0) is 4.74 Å². The molecule has 0 saturated carbocycles. The third-order valence-electron chi connectivity index (χ3n) is 3.30. The quantitative estimate of drug-likeness (QED) is 0.859. The number of piperidine rings is 1. The van der Waals surface area contributed by atoms with Crippen molar-refractivity contribution in [3.8, 4) is 0 Å². The average molecular weight is 295 g/mol. The van der Waals surface area contributed by atoms with Gasteiger partial charge >= 0.3 is 6.09 Å². The first-order valence-electron chi connectivity index (χ1n) is 6.95. The van der Waals surface area contributed by atoms with E-state index in [1.165, 1.54) is 23.2 Å². The molecule has 114 valence electrons. The number of nitrogens with zero attached hydrogens (tertiary/aromatic N) is 2. The number of ether oxygens (including phenoxy) is 1. The van der Waals surface area contributed by atoms with Crippen molar-refractivity contribution in [1.29, 1.82) is 0 Å². The van der Waals surface area contributed by atoms with Crippen molar-refractivity contribution in [3.63, 3.8) is 0 Å². The van der Waals surface area contributed by atoms with Crippen LogP contribution in [-0.4, -0.2) is 47.6 Å². The second-order valence-corrected chi connectivity index (χ2v) is 4.80. The molecule has 1 N–H and O–H groups in total. The summed E-state index contributed by atoms with van der Waals surface area (Å²) in [6.07, 6.45) is 2.31. The zero-order valence-corrected chi connectivity index (χ0v) is 11.8. The molecule has 21 heavy (non-hydrogen) atoms. The predicted octanol–water partition coefficient (Wildman–Crippen LogP) is 1.57. The van der Waals surface area contributed by atoms with Crippen LogP contribution in [0.4, 0.5) is 9.18 Å². The van der Waals surface area contributed by atoms with Crippen LogP contribution in [0.2, 0.25) is 0 Å². The number of likely N-dealkylation sites (tertiary alicyclic amines) is 1. The lowest BCUT2D eigenvalue weighted by atomic mass is 10.0. The second kappa shape index (κ2) is 7.01. The Morgan fingerprint density at radius 1 is 1.57 bits per heavy atom. The van der Waals surface area contributed by atoms with Gasteiger partial charge in [0, 0.05) is 25.3 Å². The number of rotatable bonds is 3. The van der Waals surface area contributed by atoms with Gasteiger partial charge in [-0.1, -0.05) is 0 Å². The molecule has 2 heterocycles. The third kappa shape index (κ3) is 3.90. The molecule has 1 fully saturated rings. The number of hydrogen-bond acceptors (Lipinski definition) is 4. The fourth-order valence-electron chi connectivity index (χ4n) is 2.33. The summed E-state index contributed by atoms with van der Waals surface area (Å²) in [6, 6.07) is 2.75. The lowest BCUT2D eigenvalue weighted by Gasteiger charge is -2.32. The Kier molecular flexibility index (Phi) is 5.08. The highest BCUT2D eigenvalue weighted by Crippen LogP contribution is 2.15. The van der Waals surface area contributed by atoms with Crippen molar-refractivity contribution in [2.75, 3.05) is 19.7 Å². The van der Waals surface area contributed by atoms with Crippen molar-refractivity contribution >= 4 is 12.0 Å². The molecule has 0 aromatic carbocycles. The summed E-state index contributed by atoms with van der Waals surface area (Å²) in [7, 11) is 0. The fraction of sp³-hybridized carbons (Fsp3) is 0.500. The Bertz CT molecular complexity index is 524. The molecule has 0 radical (unpaired) electrons. The average Bonchev–Trinajstić information content (AvgIpc) is 2.47. The highest BCUT2D eigenvalue weighted by atomic mass is 19.1. The largest absolute Gasteiger partial charge is 0.450 e. The van der Waals surface area contributed by atoms with E-state index in [0.717, 1.165) is 12.8 Å². The summed E-state index contributed by atoms with van der Waals surface area (Å²) in [5, 5.41) is 2.71. The number of aromatic nitrogens is 1. The molecule has 1 aliphatic heterocycles. The van der Waals surface area contributed by atoms with Crippen molar-refractivity contribution in [1.82, 2.24) is 15.2 Å². The zero-order valence-electron chi connectivity index (χ0n) is 11.8. The maximum absolute atomic E-state index is 13.6. The summed E-state index contributed by atoms with van der Waals surface area (Å²) in [4.78, 5) is 28.7. The maximum atomic E-state index is 13.6. The summed E-state index contributed by atoms with van der Waals surface area (Å²) in [5.74, 6) is -1.18. The van der Waals surface area contributed by atoms with Gasteiger partial charge < -0.3 is 15.0 Å². The number of carbonyl (C=O) groups is 2. The Morgan fingerprint density at radius 2 is 2.38 bits per heavy atom. The first-order chi connectivity index (χ1) is 10.1. The Hall–Kier alpha value is -2.18. The second-order valence-electron chi connectivity index (χ2n) is 4.80. The molecule has 1 unspecified atom stereocenters. The third-order valence-corrected chi connectivity index (χ3v) is 3.30. The molecule has 1 saturated heterocycles. The molecule has 1 aliphatic rings.